The number of anilines is 2. The highest BCUT2D eigenvalue weighted by Gasteiger charge is 2.19. The molecule has 8 heteroatoms. The molecule has 0 saturated heterocycles. The average molecular weight is 413 g/mol. The molecule has 0 fully saturated rings. The second-order valence-electron chi connectivity index (χ2n) is 5.96. The second kappa shape index (κ2) is 9.29. The van der Waals surface area contributed by atoms with E-state index in [9.17, 15) is 9.90 Å². The van der Waals surface area contributed by atoms with Crippen LogP contribution < -0.4 is 24.6 Å². The Balaban J connectivity index is 2.05. The van der Waals surface area contributed by atoms with E-state index in [1.165, 1.54) is 11.3 Å². The minimum absolute atomic E-state index is 0.262. The first-order valence-corrected chi connectivity index (χ1v) is 9.78. The molecule has 0 spiro atoms. The summed E-state index contributed by atoms with van der Waals surface area (Å²) in [5.74, 6) is 0.687. The van der Waals surface area contributed by atoms with Crippen molar-refractivity contribution >= 4 is 28.1 Å². The summed E-state index contributed by atoms with van der Waals surface area (Å²) in [4.78, 5) is 16.5. The molecule has 0 atom stereocenters. The van der Waals surface area contributed by atoms with E-state index in [0.717, 1.165) is 5.69 Å². The number of aliphatic carboxylic acids is 1. The van der Waals surface area contributed by atoms with Gasteiger partial charge < -0.3 is 29.4 Å². The number of hydrogen-bond donors (Lipinski definition) is 1. The molecule has 1 N–H and O–H groups in total. The number of carbonyl (C=O) groups excluding carboxylic acids is 1. The normalized spacial score (nSPS) is 10.4. The van der Waals surface area contributed by atoms with Crippen molar-refractivity contribution in [2.75, 3.05) is 26.1 Å². The van der Waals surface area contributed by atoms with Crippen molar-refractivity contribution in [3.63, 3.8) is 0 Å². The van der Waals surface area contributed by atoms with Gasteiger partial charge in [-0.05, 0) is 37.3 Å². The number of benzene rings is 2. The zero-order chi connectivity index (χ0) is 20.8. The molecule has 0 aliphatic carbocycles. The molecule has 1 heterocycles. The topological polar surface area (TPSA) is 92.7 Å². The molecule has 1 aromatic heterocycles. The Hall–Kier alpha value is -3.26. The predicted molar refractivity (Wildman–Crippen MR) is 110 cm³/mol. The zero-order valence-corrected chi connectivity index (χ0v) is 17.2. The van der Waals surface area contributed by atoms with Gasteiger partial charge in [-0.3, -0.25) is 0 Å². The molecule has 3 rings (SSSR count). The van der Waals surface area contributed by atoms with Crippen LogP contribution in [0.25, 0.3) is 11.3 Å². The molecule has 0 unspecified atom stereocenters. The fraction of sp³-hybridized carbons (Fsp3) is 0.238. The molecule has 0 radical (unpaired) electrons. The van der Waals surface area contributed by atoms with Gasteiger partial charge in [-0.25, -0.2) is 4.98 Å². The molecule has 152 valence electrons. The third-order valence-corrected chi connectivity index (χ3v) is 5.06. The van der Waals surface area contributed by atoms with Crippen LogP contribution in [0.15, 0.2) is 42.5 Å². The maximum atomic E-state index is 11.3. The summed E-state index contributed by atoms with van der Waals surface area (Å²) in [5.41, 5.74) is 1.89. The molecule has 0 saturated carbocycles. The van der Waals surface area contributed by atoms with Crippen molar-refractivity contribution in [2.24, 2.45) is 0 Å². The highest BCUT2D eigenvalue weighted by atomic mass is 32.1. The summed E-state index contributed by atoms with van der Waals surface area (Å²) < 4.78 is 16.4. The summed E-state index contributed by atoms with van der Waals surface area (Å²) in [5, 5.41) is 15.1. The van der Waals surface area contributed by atoms with E-state index in [2.05, 4.69) is 10.3 Å². The summed E-state index contributed by atoms with van der Waals surface area (Å²) >= 11 is 1.24. The van der Waals surface area contributed by atoms with Gasteiger partial charge in [0.25, 0.3) is 0 Å². The van der Waals surface area contributed by atoms with Crippen molar-refractivity contribution in [1.82, 2.24) is 4.98 Å². The SMILES string of the molecule is CCOc1ccccc1Nc1nc(-c2cc(OC)ccc2OC)c(CC(=O)[O-])s1. The Bertz CT molecular complexity index is 1000. The van der Waals surface area contributed by atoms with Crippen molar-refractivity contribution in [3.8, 4) is 28.5 Å². The molecule has 0 aliphatic rings. The number of carboxylic acids is 1. The van der Waals surface area contributed by atoms with Gasteiger partial charge in [0.05, 0.1) is 32.2 Å². The van der Waals surface area contributed by atoms with Gasteiger partial charge in [0.2, 0.25) is 0 Å². The van der Waals surface area contributed by atoms with Crippen molar-refractivity contribution in [3.05, 3.63) is 47.3 Å². The lowest BCUT2D eigenvalue weighted by molar-refractivity contribution is -0.304. The fourth-order valence-corrected chi connectivity index (χ4v) is 3.81. The number of rotatable bonds is 9. The molecule has 0 aliphatic heterocycles. The largest absolute Gasteiger partial charge is 0.550 e. The lowest BCUT2D eigenvalue weighted by Gasteiger charge is -2.11. The van der Waals surface area contributed by atoms with Gasteiger partial charge >= 0.3 is 0 Å². The first-order chi connectivity index (χ1) is 14.0. The number of nitrogens with zero attached hydrogens (tertiary/aromatic N) is 1. The predicted octanol–water partition coefficient (Wildman–Crippen LogP) is 3.26. The summed E-state index contributed by atoms with van der Waals surface area (Å²) in [7, 11) is 3.11. The van der Waals surface area contributed by atoms with Gasteiger partial charge in [-0.1, -0.05) is 12.1 Å². The van der Waals surface area contributed by atoms with Gasteiger partial charge in [-0.2, -0.15) is 0 Å². The maximum Gasteiger partial charge on any atom is 0.188 e. The van der Waals surface area contributed by atoms with Crippen LogP contribution in [0.3, 0.4) is 0 Å². The Morgan fingerprint density at radius 3 is 2.62 bits per heavy atom. The summed E-state index contributed by atoms with van der Waals surface area (Å²) in [6.45, 7) is 2.43. The van der Waals surface area contributed by atoms with Gasteiger partial charge in [-0.15, -0.1) is 11.3 Å². The Morgan fingerprint density at radius 2 is 1.93 bits per heavy atom. The van der Waals surface area contributed by atoms with Crippen LogP contribution in [0.1, 0.15) is 11.8 Å². The quantitative estimate of drug-likeness (QED) is 0.575. The molecule has 2 aromatic carbocycles. The lowest BCUT2D eigenvalue weighted by Crippen LogP contribution is -2.24. The average Bonchev–Trinajstić information content (AvgIpc) is 3.10. The number of ether oxygens (including phenoxy) is 3. The van der Waals surface area contributed by atoms with Crippen LogP contribution in [0.5, 0.6) is 17.2 Å². The summed E-state index contributed by atoms with van der Waals surface area (Å²) in [6, 6.07) is 12.8. The molecular formula is C21H21N2O5S-. The van der Waals surface area contributed by atoms with Crippen molar-refractivity contribution in [2.45, 2.75) is 13.3 Å². The number of para-hydroxylation sites is 2. The fourth-order valence-electron chi connectivity index (χ4n) is 2.83. The molecule has 0 amide bonds. The Labute approximate surface area is 172 Å². The van der Waals surface area contributed by atoms with E-state index in [-0.39, 0.29) is 6.42 Å². The minimum atomic E-state index is -1.18. The van der Waals surface area contributed by atoms with Crippen LogP contribution in [0.2, 0.25) is 0 Å². The first kappa shape index (κ1) is 20.5. The van der Waals surface area contributed by atoms with Gasteiger partial charge in [0, 0.05) is 22.8 Å². The number of hydrogen-bond acceptors (Lipinski definition) is 8. The molecule has 7 nitrogen and oxygen atoms in total. The number of aromatic nitrogens is 1. The standard InChI is InChI=1S/C21H22N2O5S/c1-4-28-17-8-6-5-7-15(17)22-21-23-20(18(29-21)12-19(24)25)14-11-13(26-2)9-10-16(14)27-3/h5-11H,4,12H2,1-3H3,(H,22,23)(H,24,25)/p-1. The molecule has 3 aromatic rings. The number of carboxylic acid groups (broad SMARTS) is 1. The lowest BCUT2D eigenvalue weighted by atomic mass is 10.1. The van der Waals surface area contributed by atoms with Crippen LogP contribution in [-0.4, -0.2) is 31.8 Å². The Morgan fingerprint density at radius 1 is 1.14 bits per heavy atom. The van der Waals surface area contributed by atoms with Gasteiger partial charge in [0.15, 0.2) is 5.13 Å². The van der Waals surface area contributed by atoms with E-state index >= 15 is 0 Å². The van der Waals surface area contributed by atoms with E-state index in [1.54, 1.807) is 32.4 Å². The van der Waals surface area contributed by atoms with Crippen LogP contribution in [-0.2, 0) is 11.2 Å². The highest BCUT2D eigenvalue weighted by Crippen LogP contribution is 2.40. The summed E-state index contributed by atoms with van der Waals surface area (Å²) in [6.07, 6.45) is -0.262. The van der Waals surface area contributed by atoms with Crippen LogP contribution in [0, 0.1) is 0 Å². The number of carbonyl (C=O) groups is 1. The van der Waals surface area contributed by atoms with E-state index in [4.69, 9.17) is 14.2 Å². The zero-order valence-electron chi connectivity index (χ0n) is 16.4. The number of nitrogens with one attached hydrogen (secondary N) is 1. The maximum absolute atomic E-state index is 11.3. The number of methoxy groups -OCH3 is 2. The molecule has 0 bridgehead atoms. The molecule has 29 heavy (non-hydrogen) atoms. The highest BCUT2D eigenvalue weighted by molar-refractivity contribution is 7.16. The van der Waals surface area contributed by atoms with E-state index < -0.39 is 5.97 Å². The molecular weight excluding hydrogens is 392 g/mol. The van der Waals surface area contributed by atoms with Gasteiger partial charge in [0.1, 0.15) is 17.2 Å². The third kappa shape index (κ3) is 4.78. The number of thiazole rings is 1. The van der Waals surface area contributed by atoms with Crippen LogP contribution >= 0.6 is 11.3 Å². The monoisotopic (exact) mass is 413 g/mol. The van der Waals surface area contributed by atoms with E-state index in [0.29, 0.717) is 45.1 Å². The minimum Gasteiger partial charge on any atom is -0.550 e. The second-order valence-corrected chi connectivity index (χ2v) is 7.04. The Kier molecular flexibility index (Phi) is 6.56. The van der Waals surface area contributed by atoms with Crippen molar-refractivity contribution < 1.29 is 24.1 Å². The van der Waals surface area contributed by atoms with Crippen molar-refractivity contribution in [1.29, 1.82) is 0 Å². The van der Waals surface area contributed by atoms with Crippen LogP contribution in [0.4, 0.5) is 10.8 Å². The first-order valence-electron chi connectivity index (χ1n) is 8.96. The van der Waals surface area contributed by atoms with E-state index in [1.807, 2.05) is 31.2 Å². The smallest absolute Gasteiger partial charge is 0.188 e. The third-order valence-electron chi connectivity index (χ3n) is 4.09.